The van der Waals surface area contributed by atoms with E-state index in [1.807, 2.05) is 0 Å². The summed E-state index contributed by atoms with van der Waals surface area (Å²) in [5.41, 5.74) is 1.95. The Kier molecular flexibility index (Phi) is 4.06. The van der Waals surface area contributed by atoms with Crippen LogP contribution in [0, 0.1) is 23.2 Å². The third-order valence-corrected chi connectivity index (χ3v) is 7.42. The number of amides is 1. The Morgan fingerprint density at radius 2 is 1.96 bits per heavy atom. The molecular weight excluding hydrogens is 362 g/mol. The molecular formula is C19H25N5O4. The number of carboxylic acid groups (broad SMARTS) is 1. The molecule has 3 aliphatic carbocycles. The Bertz CT molecular complexity index is 790. The number of aliphatic carboxylic acids is 1. The third-order valence-electron chi connectivity index (χ3n) is 7.42. The van der Waals surface area contributed by atoms with E-state index in [0.717, 1.165) is 38.8 Å². The van der Waals surface area contributed by atoms with Crippen LogP contribution < -0.4 is 15.7 Å². The molecule has 150 valence electrons. The van der Waals surface area contributed by atoms with Crippen molar-refractivity contribution >= 4 is 17.8 Å². The zero-order valence-electron chi connectivity index (χ0n) is 15.5. The zero-order valence-corrected chi connectivity index (χ0v) is 15.5. The fourth-order valence-corrected chi connectivity index (χ4v) is 5.88. The van der Waals surface area contributed by atoms with Crippen molar-refractivity contribution in [2.45, 2.75) is 44.2 Å². The van der Waals surface area contributed by atoms with Crippen molar-refractivity contribution in [2.75, 3.05) is 18.0 Å². The molecule has 1 aromatic heterocycles. The molecule has 0 aromatic carbocycles. The number of piperidine rings is 1. The lowest BCUT2D eigenvalue weighted by Crippen LogP contribution is -2.45. The monoisotopic (exact) mass is 387 g/mol. The highest BCUT2D eigenvalue weighted by atomic mass is 16.5. The molecule has 3 heterocycles. The van der Waals surface area contributed by atoms with Gasteiger partial charge in [0.25, 0.3) is 5.91 Å². The van der Waals surface area contributed by atoms with Gasteiger partial charge in [0.2, 0.25) is 5.95 Å². The molecule has 5 aliphatic rings. The highest BCUT2D eigenvalue weighted by molar-refractivity contribution is 5.92. The zero-order chi connectivity index (χ0) is 19.5. The second-order valence-electron chi connectivity index (χ2n) is 8.65. The number of rotatable bonds is 7. The average Bonchev–Trinajstić information content (AvgIpc) is 3.42. The molecule has 2 saturated heterocycles. The summed E-state index contributed by atoms with van der Waals surface area (Å²) in [7, 11) is 0. The van der Waals surface area contributed by atoms with Gasteiger partial charge in [-0.2, -0.15) is 0 Å². The first-order valence-electron chi connectivity index (χ1n) is 10.1. The number of anilines is 1. The van der Waals surface area contributed by atoms with Gasteiger partial charge in [-0.15, -0.1) is 0 Å². The summed E-state index contributed by atoms with van der Waals surface area (Å²) in [6.07, 6.45) is 8.30. The topological polar surface area (TPSA) is 128 Å². The van der Waals surface area contributed by atoms with Gasteiger partial charge in [-0.3, -0.25) is 14.8 Å². The summed E-state index contributed by atoms with van der Waals surface area (Å²) in [5, 5.41) is 21.7. The summed E-state index contributed by atoms with van der Waals surface area (Å²) in [6, 6.07) is -0.0831. The minimum absolute atomic E-state index is 0.173. The van der Waals surface area contributed by atoms with E-state index in [0.29, 0.717) is 23.8 Å². The van der Waals surface area contributed by atoms with Crippen molar-refractivity contribution < 1.29 is 19.9 Å². The van der Waals surface area contributed by atoms with Crippen molar-refractivity contribution in [3.8, 4) is 0 Å². The number of carbonyl (C=O) groups excluding carboxylic acids is 1. The summed E-state index contributed by atoms with van der Waals surface area (Å²) in [4.78, 5) is 33.9. The molecule has 9 heteroatoms. The van der Waals surface area contributed by atoms with E-state index < -0.39 is 17.9 Å². The van der Waals surface area contributed by atoms with E-state index in [2.05, 4.69) is 20.2 Å². The Balaban J connectivity index is 1.22. The molecule has 4 unspecified atom stereocenters. The normalized spacial score (nSPS) is 33.9. The molecule has 0 radical (unpaired) electrons. The molecule has 6 rings (SSSR count). The average molecular weight is 387 g/mol. The second kappa shape index (κ2) is 6.38. The molecule has 9 nitrogen and oxygen atoms in total. The van der Waals surface area contributed by atoms with E-state index in [1.165, 1.54) is 18.8 Å². The summed E-state index contributed by atoms with van der Waals surface area (Å²) in [6.45, 7) is 1.62. The second-order valence-corrected chi connectivity index (χ2v) is 8.65. The standard InChI is InChI=1S/C19H25N5O4/c25-16(23-28)11-6-20-18(21-7-11)24-8-12-13-15(24)19(12,13)9-22-14(17(26)27)10-4-2-1-3-5-10/h6-7,10,12-15,22,28H,1-5,8-9H2,(H,23,25)(H,26,27)/t12?,13?,14-,15?,19?/m0/s1. The molecule has 28 heavy (non-hydrogen) atoms. The number of carbonyl (C=O) groups is 2. The van der Waals surface area contributed by atoms with Gasteiger partial charge in [0, 0.05) is 36.9 Å². The van der Waals surface area contributed by atoms with Gasteiger partial charge in [0.15, 0.2) is 0 Å². The molecule has 0 spiro atoms. The molecule has 1 amide bonds. The quantitative estimate of drug-likeness (QED) is 0.397. The van der Waals surface area contributed by atoms with Crippen molar-refractivity contribution in [3.63, 3.8) is 0 Å². The van der Waals surface area contributed by atoms with Gasteiger partial charge >= 0.3 is 5.97 Å². The number of hydrogen-bond donors (Lipinski definition) is 4. The highest BCUT2D eigenvalue weighted by Crippen LogP contribution is 2.85. The minimum Gasteiger partial charge on any atom is -0.480 e. The Labute approximate surface area is 162 Å². The van der Waals surface area contributed by atoms with Crippen molar-refractivity contribution in [3.05, 3.63) is 18.0 Å². The summed E-state index contributed by atoms with van der Waals surface area (Å²) < 4.78 is 0. The lowest BCUT2D eigenvalue weighted by atomic mass is 9.83. The number of fused-ring (bicyclic) bond motifs is 1. The van der Waals surface area contributed by atoms with Gasteiger partial charge in [0.1, 0.15) is 6.04 Å². The van der Waals surface area contributed by atoms with Crippen LogP contribution >= 0.6 is 0 Å². The van der Waals surface area contributed by atoms with Crippen molar-refractivity contribution in [1.29, 1.82) is 0 Å². The molecule has 2 bridgehead atoms. The smallest absolute Gasteiger partial charge is 0.320 e. The summed E-state index contributed by atoms with van der Waals surface area (Å²) >= 11 is 0. The number of hydroxylamine groups is 1. The van der Waals surface area contributed by atoms with E-state index in [-0.39, 0.29) is 16.9 Å². The lowest BCUT2D eigenvalue weighted by Gasteiger charge is -2.29. The fraction of sp³-hybridized carbons (Fsp3) is 0.684. The van der Waals surface area contributed by atoms with Crippen LogP contribution in [0.25, 0.3) is 0 Å². The van der Waals surface area contributed by atoms with Crippen LogP contribution in [-0.2, 0) is 4.79 Å². The lowest BCUT2D eigenvalue weighted by molar-refractivity contribution is -0.141. The van der Waals surface area contributed by atoms with Crippen LogP contribution in [0.3, 0.4) is 0 Å². The van der Waals surface area contributed by atoms with Crippen molar-refractivity contribution in [2.24, 2.45) is 23.2 Å². The van der Waals surface area contributed by atoms with Crippen LogP contribution in [0.2, 0.25) is 0 Å². The Hall–Kier alpha value is -2.26. The van der Waals surface area contributed by atoms with Crippen LogP contribution in [-0.4, -0.2) is 57.3 Å². The number of carboxylic acids is 1. The van der Waals surface area contributed by atoms with E-state index in [1.54, 1.807) is 5.48 Å². The van der Waals surface area contributed by atoms with Crippen LogP contribution in [0.15, 0.2) is 12.4 Å². The van der Waals surface area contributed by atoms with Gasteiger partial charge in [-0.1, -0.05) is 19.3 Å². The summed E-state index contributed by atoms with van der Waals surface area (Å²) in [5.74, 6) is 0.645. The highest BCUT2D eigenvalue weighted by Gasteiger charge is 2.92. The molecule has 1 aromatic rings. The maximum Gasteiger partial charge on any atom is 0.320 e. The van der Waals surface area contributed by atoms with Gasteiger partial charge in [0.05, 0.1) is 5.56 Å². The Morgan fingerprint density at radius 3 is 2.57 bits per heavy atom. The molecule has 2 aliphatic heterocycles. The maximum absolute atomic E-state index is 11.8. The first kappa shape index (κ1) is 17.8. The van der Waals surface area contributed by atoms with Gasteiger partial charge in [-0.05, 0) is 30.6 Å². The van der Waals surface area contributed by atoms with Crippen molar-refractivity contribution in [1.82, 2.24) is 20.8 Å². The predicted octanol–water partition coefficient (Wildman–Crippen LogP) is 0.653. The van der Waals surface area contributed by atoms with E-state index >= 15 is 0 Å². The number of hydrogen-bond acceptors (Lipinski definition) is 7. The number of nitrogens with one attached hydrogen (secondary N) is 2. The third kappa shape index (κ3) is 2.52. The van der Waals surface area contributed by atoms with E-state index in [9.17, 15) is 14.7 Å². The first-order chi connectivity index (χ1) is 13.6. The maximum atomic E-state index is 11.8. The molecule has 5 atom stereocenters. The van der Waals surface area contributed by atoms with E-state index in [4.69, 9.17) is 5.21 Å². The molecule has 3 saturated carbocycles. The van der Waals surface area contributed by atoms with Crippen LogP contribution in [0.1, 0.15) is 42.5 Å². The van der Waals surface area contributed by atoms with Gasteiger partial charge < -0.3 is 15.3 Å². The first-order valence-corrected chi connectivity index (χ1v) is 10.1. The minimum atomic E-state index is -0.730. The largest absolute Gasteiger partial charge is 0.480 e. The number of aromatic nitrogens is 2. The molecule has 4 N–H and O–H groups in total. The van der Waals surface area contributed by atoms with Crippen LogP contribution in [0.5, 0.6) is 0 Å². The Morgan fingerprint density at radius 1 is 1.25 bits per heavy atom. The van der Waals surface area contributed by atoms with Crippen LogP contribution in [0.4, 0.5) is 5.95 Å². The SMILES string of the molecule is O=C(NO)c1cnc(N2CC3C4C2C34CN[C@H](C(=O)O)C2CCCCC2)nc1. The predicted molar refractivity (Wildman–Crippen MR) is 97.8 cm³/mol. The number of nitrogens with zero attached hydrogens (tertiary/aromatic N) is 3. The molecule has 5 fully saturated rings. The fourth-order valence-electron chi connectivity index (χ4n) is 5.88. The van der Waals surface area contributed by atoms with Gasteiger partial charge in [-0.25, -0.2) is 15.4 Å².